The van der Waals surface area contributed by atoms with Crippen molar-refractivity contribution in [2.75, 3.05) is 6.54 Å². The van der Waals surface area contributed by atoms with E-state index >= 15 is 0 Å². The quantitative estimate of drug-likeness (QED) is 0.653. The second kappa shape index (κ2) is 9.46. The molecule has 0 rings (SSSR count). The molecule has 0 saturated carbocycles. The maximum Gasteiger partial charge on any atom is 0.236 e. The SMILES string of the molecule is CCCC(CCC)NC(C)C(=O)NCC(C)C. The van der Waals surface area contributed by atoms with Crippen molar-refractivity contribution in [2.45, 2.75) is 72.4 Å². The number of nitrogens with one attached hydrogen (secondary N) is 2. The van der Waals surface area contributed by atoms with Gasteiger partial charge in [-0.25, -0.2) is 0 Å². The van der Waals surface area contributed by atoms with E-state index < -0.39 is 0 Å². The number of carbonyl (C=O) groups excluding carboxylic acids is 1. The molecule has 0 aliphatic heterocycles. The standard InChI is InChI=1S/C14H30N2O/c1-6-8-13(9-7-2)16-12(5)14(17)15-10-11(3)4/h11-13,16H,6-10H2,1-5H3,(H,15,17). The lowest BCUT2D eigenvalue weighted by Gasteiger charge is -2.22. The lowest BCUT2D eigenvalue weighted by molar-refractivity contribution is -0.123. The average molecular weight is 242 g/mol. The van der Waals surface area contributed by atoms with Crippen LogP contribution in [0.2, 0.25) is 0 Å². The van der Waals surface area contributed by atoms with Crippen LogP contribution in [0, 0.1) is 5.92 Å². The first-order chi connectivity index (χ1) is 8.01. The fourth-order valence-electron chi connectivity index (χ4n) is 1.89. The summed E-state index contributed by atoms with van der Waals surface area (Å²) in [4.78, 5) is 11.8. The molecule has 17 heavy (non-hydrogen) atoms. The summed E-state index contributed by atoms with van der Waals surface area (Å²) in [6.45, 7) is 11.3. The highest BCUT2D eigenvalue weighted by molar-refractivity contribution is 5.81. The van der Waals surface area contributed by atoms with Crippen LogP contribution >= 0.6 is 0 Å². The van der Waals surface area contributed by atoms with Gasteiger partial charge in [0.15, 0.2) is 0 Å². The molecule has 0 spiro atoms. The summed E-state index contributed by atoms with van der Waals surface area (Å²) in [5.74, 6) is 0.629. The van der Waals surface area contributed by atoms with E-state index in [0.717, 1.165) is 32.2 Å². The maximum atomic E-state index is 11.8. The summed E-state index contributed by atoms with van der Waals surface area (Å²) in [5, 5.41) is 6.40. The Morgan fingerprint density at radius 2 is 1.59 bits per heavy atom. The summed E-state index contributed by atoms with van der Waals surface area (Å²) in [6.07, 6.45) is 4.63. The van der Waals surface area contributed by atoms with Gasteiger partial charge >= 0.3 is 0 Å². The van der Waals surface area contributed by atoms with Crippen molar-refractivity contribution in [3.05, 3.63) is 0 Å². The third-order valence-corrected chi connectivity index (χ3v) is 2.84. The average Bonchev–Trinajstić information content (AvgIpc) is 2.26. The van der Waals surface area contributed by atoms with Crippen LogP contribution in [-0.2, 0) is 4.79 Å². The smallest absolute Gasteiger partial charge is 0.236 e. The molecule has 0 bridgehead atoms. The highest BCUT2D eigenvalue weighted by atomic mass is 16.2. The van der Waals surface area contributed by atoms with Gasteiger partial charge in [0, 0.05) is 12.6 Å². The topological polar surface area (TPSA) is 41.1 Å². The zero-order chi connectivity index (χ0) is 13.3. The third-order valence-electron chi connectivity index (χ3n) is 2.84. The van der Waals surface area contributed by atoms with Crippen molar-refractivity contribution >= 4 is 5.91 Å². The molecule has 0 heterocycles. The van der Waals surface area contributed by atoms with Gasteiger partial charge in [0.1, 0.15) is 0 Å². The van der Waals surface area contributed by atoms with E-state index in [9.17, 15) is 4.79 Å². The molecule has 0 saturated heterocycles. The first-order valence-electron chi connectivity index (χ1n) is 7.04. The van der Waals surface area contributed by atoms with Crippen molar-refractivity contribution < 1.29 is 4.79 Å². The molecule has 0 radical (unpaired) electrons. The summed E-state index contributed by atoms with van der Waals surface area (Å²) in [5.41, 5.74) is 0. The second-order valence-electron chi connectivity index (χ2n) is 5.30. The van der Waals surface area contributed by atoms with Gasteiger partial charge < -0.3 is 10.6 Å². The lowest BCUT2D eigenvalue weighted by Crippen LogP contribution is -2.47. The van der Waals surface area contributed by atoms with E-state index in [4.69, 9.17) is 0 Å². The molecule has 1 atom stereocenters. The Hall–Kier alpha value is -0.570. The van der Waals surface area contributed by atoms with E-state index in [1.807, 2.05) is 6.92 Å². The second-order valence-corrected chi connectivity index (χ2v) is 5.30. The molecule has 1 amide bonds. The number of hydrogen-bond donors (Lipinski definition) is 2. The Bertz CT molecular complexity index is 198. The molecule has 0 fully saturated rings. The molecule has 1 unspecified atom stereocenters. The van der Waals surface area contributed by atoms with E-state index in [1.165, 1.54) is 0 Å². The molecule has 2 N–H and O–H groups in total. The van der Waals surface area contributed by atoms with Gasteiger partial charge in [-0.3, -0.25) is 4.79 Å². The number of carbonyl (C=O) groups is 1. The van der Waals surface area contributed by atoms with Gasteiger partial charge in [-0.05, 0) is 25.7 Å². The fraction of sp³-hybridized carbons (Fsp3) is 0.929. The largest absolute Gasteiger partial charge is 0.354 e. The Kier molecular flexibility index (Phi) is 9.14. The Morgan fingerprint density at radius 3 is 2.00 bits per heavy atom. The summed E-state index contributed by atoms with van der Waals surface area (Å²) in [7, 11) is 0. The molecular weight excluding hydrogens is 212 g/mol. The van der Waals surface area contributed by atoms with Crippen LogP contribution in [0.15, 0.2) is 0 Å². The van der Waals surface area contributed by atoms with Crippen LogP contribution in [0.1, 0.15) is 60.3 Å². The van der Waals surface area contributed by atoms with Gasteiger partial charge in [-0.2, -0.15) is 0 Å². The Labute approximate surface area is 107 Å². The van der Waals surface area contributed by atoms with Crippen LogP contribution < -0.4 is 10.6 Å². The van der Waals surface area contributed by atoms with Crippen molar-refractivity contribution in [1.82, 2.24) is 10.6 Å². The molecule has 0 aliphatic carbocycles. The first-order valence-corrected chi connectivity index (χ1v) is 7.04. The van der Waals surface area contributed by atoms with Gasteiger partial charge in [0.05, 0.1) is 6.04 Å². The van der Waals surface area contributed by atoms with Gasteiger partial charge in [0.2, 0.25) is 5.91 Å². The van der Waals surface area contributed by atoms with Crippen molar-refractivity contribution in [3.63, 3.8) is 0 Å². The normalized spacial score (nSPS) is 13.1. The predicted molar refractivity (Wildman–Crippen MR) is 74.0 cm³/mol. The van der Waals surface area contributed by atoms with E-state index in [2.05, 4.69) is 38.3 Å². The monoisotopic (exact) mass is 242 g/mol. The zero-order valence-electron chi connectivity index (χ0n) is 12.2. The van der Waals surface area contributed by atoms with Crippen molar-refractivity contribution in [2.24, 2.45) is 5.92 Å². The lowest BCUT2D eigenvalue weighted by atomic mass is 10.1. The van der Waals surface area contributed by atoms with Gasteiger partial charge in [-0.1, -0.05) is 40.5 Å². The molecular formula is C14H30N2O. The van der Waals surface area contributed by atoms with Crippen LogP contribution in [0.4, 0.5) is 0 Å². The Morgan fingerprint density at radius 1 is 1.06 bits per heavy atom. The summed E-state index contributed by atoms with van der Waals surface area (Å²) in [6, 6.07) is 0.390. The van der Waals surface area contributed by atoms with Gasteiger partial charge in [-0.15, -0.1) is 0 Å². The molecule has 0 aromatic heterocycles. The first kappa shape index (κ1) is 16.4. The number of amides is 1. The highest BCUT2D eigenvalue weighted by Gasteiger charge is 2.16. The van der Waals surface area contributed by atoms with Crippen LogP contribution in [-0.4, -0.2) is 24.5 Å². The fourth-order valence-corrected chi connectivity index (χ4v) is 1.89. The highest BCUT2D eigenvalue weighted by Crippen LogP contribution is 2.05. The maximum absolute atomic E-state index is 11.8. The minimum Gasteiger partial charge on any atom is -0.354 e. The molecule has 102 valence electrons. The minimum absolute atomic E-state index is 0.0863. The molecule has 0 aromatic carbocycles. The van der Waals surface area contributed by atoms with E-state index in [-0.39, 0.29) is 11.9 Å². The van der Waals surface area contributed by atoms with Crippen LogP contribution in [0.25, 0.3) is 0 Å². The summed E-state index contributed by atoms with van der Waals surface area (Å²) >= 11 is 0. The zero-order valence-corrected chi connectivity index (χ0v) is 12.2. The van der Waals surface area contributed by atoms with E-state index in [0.29, 0.717) is 12.0 Å². The third kappa shape index (κ3) is 8.19. The van der Waals surface area contributed by atoms with Crippen molar-refractivity contribution in [3.8, 4) is 0 Å². The van der Waals surface area contributed by atoms with Crippen molar-refractivity contribution in [1.29, 1.82) is 0 Å². The van der Waals surface area contributed by atoms with Gasteiger partial charge in [0.25, 0.3) is 0 Å². The minimum atomic E-state index is -0.0863. The number of hydrogen-bond acceptors (Lipinski definition) is 2. The molecule has 3 nitrogen and oxygen atoms in total. The number of rotatable bonds is 9. The van der Waals surface area contributed by atoms with Crippen LogP contribution in [0.3, 0.4) is 0 Å². The predicted octanol–water partition coefficient (Wildman–Crippen LogP) is 2.71. The Balaban J connectivity index is 4.01. The molecule has 0 aromatic rings. The molecule has 3 heteroatoms. The molecule has 0 aliphatic rings. The van der Waals surface area contributed by atoms with E-state index in [1.54, 1.807) is 0 Å². The summed E-state index contributed by atoms with van der Waals surface area (Å²) < 4.78 is 0. The van der Waals surface area contributed by atoms with Crippen LogP contribution in [0.5, 0.6) is 0 Å².